The lowest BCUT2D eigenvalue weighted by Crippen LogP contribution is -2.61. The Kier molecular flexibility index (Phi) is 24.3. The number of fused-ring (bicyclic) bond motifs is 3. The van der Waals surface area contributed by atoms with Gasteiger partial charge in [0, 0.05) is 80.9 Å². The molecule has 0 saturated carbocycles. The Morgan fingerprint density at radius 2 is 1.37 bits per heavy atom. The highest BCUT2D eigenvalue weighted by atomic mass is 16.5. The highest BCUT2D eigenvalue weighted by Crippen LogP contribution is 2.31. The van der Waals surface area contributed by atoms with Crippen LogP contribution in [0.25, 0.3) is 10.9 Å². The van der Waals surface area contributed by atoms with Gasteiger partial charge in [0.05, 0.1) is 32.5 Å². The van der Waals surface area contributed by atoms with Gasteiger partial charge in [-0.2, -0.15) is 0 Å². The molecule has 7 amide bonds. The Hall–Kier alpha value is -8.43. The largest absolute Gasteiger partial charge is 0.481 e. The number of imidazole rings is 1. The summed E-state index contributed by atoms with van der Waals surface area (Å²) in [5, 5.41) is 36.7. The van der Waals surface area contributed by atoms with E-state index in [0.29, 0.717) is 68.9 Å². The number of aliphatic carboxylic acids is 2. The SMILES string of the molecule is CCCC[C@H](NC(C)=O)C(=O)N[C@@H](CC(=O)O)C(=O)N[C@@H](Cc1cnc[nH]1)C(=O)N[C@H](Cc1ccc(CN2CCOCC2)cc1)C(=O)N[C@@H](CCCN=C(N)N)C(=O)N1Cc2[nH]c3ccccc3c2CC1C(=O)N[C@@H](CCCCN)C(=O)O. The third-order valence-electron chi connectivity index (χ3n) is 14.5. The lowest BCUT2D eigenvalue weighted by Gasteiger charge is -2.38. The van der Waals surface area contributed by atoms with Gasteiger partial charge in [0.25, 0.3) is 0 Å². The van der Waals surface area contributed by atoms with Gasteiger partial charge in [-0.1, -0.05) is 62.2 Å². The molecule has 2 aromatic heterocycles. The molecule has 4 aromatic rings. The molecule has 83 heavy (non-hydrogen) atoms. The number of rotatable bonds is 32. The molecule has 16 N–H and O–H groups in total. The number of hydrogen-bond acceptors (Lipinski definition) is 14. The third kappa shape index (κ3) is 19.3. The molecular weight excluding hydrogens is 1070 g/mol. The highest BCUT2D eigenvalue weighted by Gasteiger charge is 2.41. The Morgan fingerprint density at radius 3 is 2.01 bits per heavy atom. The lowest BCUT2D eigenvalue weighted by molar-refractivity contribution is -0.147. The molecule has 450 valence electrons. The van der Waals surface area contributed by atoms with E-state index in [1.165, 1.54) is 24.3 Å². The minimum Gasteiger partial charge on any atom is -0.481 e. The van der Waals surface area contributed by atoms with Gasteiger partial charge in [-0.05, 0) is 67.8 Å². The molecule has 2 aliphatic heterocycles. The van der Waals surface area contributed by atoms with Crippen LogP contribution in [-0.4, -0.2) is 176 Å². The number of H-pyrrole nitrogens is 2. The first-order valence-corrected chi connectivity index (χ1v) is 28.1. The van der Waals surface area contributed by atoms with Crippen molar-refractivity contribution in [3.05, 3.63) is 89.1 Å². The number of carboxylic acids is 2. The Labute approximate surface area is 480 Å². The molecule has 2 aliphatic rings. The lowest BCUT2D eigenvalue weighted by atomic mass is 9.94. The first-order valence-electron chi connectivity index (χ1n) is 28.1. The maximum Gasteiger partial charge on any atom is 0.326 e. The fourth-order valence-corrected chi connectivity index (χ4v) is 10.1. The van der Waals surface area contributed by atoms with Crippen LogP contribution in [0.3, 0.4) is 0 Å². The fourth-order valence-electron chi connectivity index (χ4n) is 10.1. The number of amides is 7. The molecule has 0 spiro atoms. The molecule has 7 atom stereocenters. The first kappa shape index (κ1) is 63.7. The van der Waals surface area contributed by atoms with E-state index in [1.54, 1.807) is 12.1 Å². The number of carbonyl (C=O) groups is 9. The Balaban J connectivity index is 1.35. The molecule has 1 fully saturated rings. The summed E-state index contributed by atoms with van der Waals surface area (Å²) in [6, 6.07) is 4.93. The first-order chi connectivity index (χ1) is 39.8. The normalized spacial score (nSPS) is 16.4. The zero-order chi connectivity index (χ0) is 60.0. The van der Waals surface area contributed by atoms with Crippen molar-refractivity contribution in [1.82, 2.24) is 56.7 Å². The van der Waals surface area contributed by atoms with E-state index in [1.807, 2.05) is 43.3 Å². The number of aliphatic imine (C=N–C) groups is 1. The number of nitrogens with two attached hydrogens (primary N) is 3. The topological polar surface area (TPSA) is 417 Å². The van der Waals surface area contributed by atoms with Crippen molar-refractivity contribution in [2.45, 2.75) is 146 Å². The zero-order valence-electron chi connectivity index (χ0n) is 47.0. The molecule has 0 bridgehead atoms. The number of unbranched alkanes of at least 4 members (excludes halogenated alkanes) is 2. The van der Waals surface area contributed by atoms with Crippen molar-refractivity contribution in [2.24, 2.45) is 22.2 Å². The van der Waals surface area contributed by atoms with Crippen LogP contribution in [0.4, 0.5) is 0 Å². The maximum absolute atomic E-state index is 15.4. The van der Waals surface area contributed by atoms with Crippen LogP contribution >= 0.6 is 0 Å². The standard InChI is InChI=1S/C56H79N15O12/c1-3-4-11-40(63-33(2)72)49(75)69-45(28-48(73)74)52(78)68-44(26-36-29-60-32-62-36)51(77)67-43(25-34-15-17-35(18-16-34)30-70-21-23-83-24-22-70)50(76)65-41(14-9-20-61-56(58)59)54(80)71-31-46-38(37-10-5-6-12-39(37)64-46)27-47(71)53(79)66-42(55(81)82)13-7-8-19-57/h5-6,10,12,15-18,29,32,40-45,47,64H,3-4,7-9,11,13-14,19-28,30-31,57H2,1-2H3,(H,60,62)(H,63,72)(H,65,76)(H,66,79)(H,67,77)(H,68,78)(H,69,75)(H,73,74)(H,81,82)(H4,58,59,61)/t40-,41-,42-,43+,44-,45-,47?/m0/s1. The number of aromatic amines is 2. The maximum atomic E-state index is 15.4. The molecular formula is C56H79N15O12. The fraction of sp³-hybridized carbons (Fsp3) is 0.518. The smallest absolute Gasteiger partial charge is 0.326 e. The monoisotopic (exact) mass is 1150 g/mol. The van der Waals surface area contributed by atoms with Crippen LogP contribution in [0.1, 0.15) is 99.7 Å². The predicted molar refractivity (Wildman–Crippen MR) is 304 cm³/mol. The Bertz CT molecular complexity index is 2890. The number of carbonyl (C=O) groups excluding carboxylic acids is 7. The van der Waals surface area contributed by atoms with E-state index in [2.05, 4.69) is 56.7 Å². The third-order valence-corrected chi connectivity index (χ3v) is 14.5. The second-order valence-corrected chi connectivity index (χ2v) is 20.9. The van der Waals surface area contributed by atoms with Crippen molar-refractivity contribution in [1.29, 1.82) is 0 Å². The molecule has 6 rings (SSSR count). The van der Waals surface area contributed by atoms with E-state index in [0.717, 1.165) is 35.1 Å². The van der Waals surface area contributed by atoms with Gasteiger partial charge in [0.2, 0.25) is 41.4 Å². The molecule has 27 heteroatoms. The summed E-state index contributed by atoms with van der Waals surface area (Å²) in [6.07, 6.45) is 3.82. The number of para-hydroxylation sites is 1. The number of nitrogens with zero attached hydrogens (tertiary/aromatic N) is 4. The summed E-state index contributed by atoms with van der Waals surface area (Å²) in [4.78, 5) is 142. The van der Waals surface area contributed by atoms with Gasteiger partial charge >= 0.3 is 11.9 Å². The number of guanidine groups is 1. The molecule has 2 aromatic carbocycles. The Morgan fingerprint density at radius 1 is 0.747 bits per heavy atom. The van der Waals surface area contributed by atoms with E-state index < -0.39 is 102 Å². The van der Waals surface area contributed by atoms with Crippen LogP contribution in [0.2, 0.25) is 0 Å². The number of carboxylic acid groups (broad SMARTS) is 2. The molecule has 0 radical (unpaired) electrons. The predicted octanol–water partition coefficient (Wildman–Crippen LogP) is -0.677. The van der Waals surface area contributed by atoms with E-state index >= 15 is 9.59 Å². The average molecular weight is 1150 g/mol. The molecule has 0 aliphatic carbocycles. The summed E-state index contributed by atoms with van der Waals surface area (Å²) in [5.74, 6) is -8.59. The van der Waals surface area contributed by atoms with Gasteiger partial charge < -0.3 is 78.9 Å². The molecule has 4 heterocycles. The number of ether oxygens (including phenoxy) is 1. The number of benzene rings is 2. The highest BCUT2D eigenvalue weighted by molar-refractivity contribution is 5.99. The zero-order valence-corrected chi connectivity index (χ0v) is 47.0. The summed E-state index contributed by atoms with van der Waals surface area (Å²) in [7, 11) is 0. The van der Waals surface area contributed by atoms with Gasteiger partial charge in [-0.3, -0.25) is 48.2 Å². The van der Waals surface area contributed by atoms with Crippen molar-refractivity contribution < 1.29 is 58.1 Å². The average Bonchev–Trinajstić information content (AvgIpc) is 4.24. The van der Waals surface area contributed by atoms with Gasteiger partial charge in [0.1, 0.15) is 42.3 Å². The second-order valence-electron chi connectivity index (χ2n) is 20.9. The van der Waals surface area contributed by atoms with Crippen LogP contribution < -0.4 is 49.1 Å². The van der Waals surface area contributed by atoms with E-state index in [-0.39, 0.29) is 64.0 Å². The summed E-state index contributed by atoms with van der Waals surface area (Å²) < 4.78 is 5.51. The van der Waals surface area contributed by atoms with Crippen LogP contribution in [0.5, 0.6) is 0 Å². The van der Waals surface area contributed by atoms with Gasteiger partial charge in [0.15, 0.2) is 5.96 Å². The summed E-state index contributed by atoms with van der Waals surface area (Å²) in [5.41, 5.74) is 21.0. The van der Waals surface area contributed by atoms with Crippen LogP contribution in [0.15, 0.2) is 66.0 Å². The number of morpholine rings is 1. The van der Waals surface area contributed by atoms with E-state index in [9.17, 15) is 43.8 Å². The minimum atomic E-state index is -1.73. The molecule has 1 saturated heterocycles. The van der Waals surface area contributed by atoms with Crippen molar-refractivity contribution >= 4 is 70.2 Å². The van der Waals surface area contributed by atoms with Gasteiger partial charge in [-0.15, -0.1) is 0 Å². The van der Waals surface area contributed by atoms with Crippen LogP contribution in [0, 0.1) is 0 Å². The minimum absolute atomic E-state index is 0.0177. The molecule has 1 unspecified atom stereocenters. The number of aromatic nitrogens is 3. The number of nitrogens with one attached hydrogen (secondary N) is 8. The van der Waals surface area contributed by atoms with Crippen molar-refractivity contribution in [2.75, 3.05) is 39.4 Å². The van der Waals surface area contributed by atoms with Crippen LogP contribution in [-0.2, 0) is 80.2 Å². The molecule has 27 nitrogen and oxygen atoms in total. The quantitative estimate of drug-likeness (QED) is 0.0164. The number of hydrogen-bond donors (Lipinski definition) is 13. The van der Waals surface area contributed by atoms with Gasteiger partial charge in [-0.25, -0.2) is 9.78 Å². The second kappa shape index (κ2) is 31.7. The van der Waals surface area contributed by atoms with Crippen molar-refractivity contribution in [3.63, 3.8) is 0 Å². The summed E-state index contributed by atoms with van der Waals surface area (Å²) in [6.45, 7) is 6.59. The van der Waals surface area contributed by atoms with E-state index in [4.69, 9.17) is 21.9 Å². The summed E-state index contributed by atoms with van der Waals surface area (Å²) >= 11 is 0. The van der Waals surface area contributed by atoms with Crippen molar-refractivity contribution in [3.8, 4) is 0 Å².